The molecule has 0 saturated carbocycles. The van der Waals surface area contributed by atoms with Gasteiger partial charge in [0.25, 0.3) is 0 Å². The lowest BCUT2D eigenvalue weighted by atomic mass is 10.4. The van der Waals surface area contributed by atoms with Crippen molar-refractivity contribution < 1.29 is 8.78 Å². The lowest BCUT2D eigenvalue weighted by molar-refractivity contribution is 0.589. The van der Waals surface area contributed by atoms with E-state index in [1.165, 1.54) is 43.6 Å². The van der Waals surface area contributed by atoms with Crippen LogP contribution in [0.5, 0.6) is 0 Å². The summed E-state index contributed by atoms with van der Waals surface area (Å²) in [4.78, 5) is 12.4. The molecular weight excluding hydrogens is 1090 g/mol. The Bertz CT molecular complexity index is 2040. The Hall–Kier alpha value is -5.14. The van der Waals surface area contributed by atoms with E-state index in [-0.39, 0.29) is 5.82 Å². The van der Waals surface area contributed by atoms with Gasteiger partial charge in [0.15, 0.2) is 5.82 Å². The Kier molecular flexibility index (Phi) is 31.3. The summed E-state index contributed by atoms with van der Waals surface area (Å²) in [5, 5.41) is 29.1. The maximum Gasteiger partial charge on any atom is 0.230 e. The molecule has 0 spiro atoms. The summed E-state index contributed by atoms with van der Waals surface area (Å²) in [6, 6.07) is 8.15. The highest BCUT2D eigenvalue weighted by Crippen LogP contribution is 2.05. The van der Waals surface area contributed by atoms with E-state index in [0.717, 1.165) is 9.48 Å². The van der Waals surface area contributed by atoms with Crippen LogP contribution in [-0.2, 0) is 49.3 Å². The molecule has 0 radical (unpaired) electrons. The van der Waals surface area contributed by atoms with Gasteiger partial charge in [-0.2, -0.15) is 41.2 Å². The Morgan fingerprint density at radius 2 is 1.29 bits per heavy atom. The Balaban J connectivity index is 0.000000361. The number of nitrogens with zero attached hydrogens (tertiary/aromatic N) is 15. The summed E-state index contributed by atoms with van der Waals surface area (Å²) >= 11 is 16.1. The molecule has 0 bridgehead atoms. The fraction of sp³-hybridized carbons (Fsp3) is 0.238. The van der Waals surface area contributed by atoms with Gasteiger partial charge in [-0.3, -0.25) is 28.4 Å². The number of thiazole rings is 1. The fourth-order valence-corrected chi connectivity index (χ4v) is 6.34. The van der Waals surface area contributed by atoms with E-state index in [9.17, 15) is 8.78 Å². The first-order valence-electron chi connectivity index (χ1n) is 18.8. The second kappa shape index (κ2) is 35.2. The molecule has 0 aliphatic rings. The van der Waals surface area contributed by atoms with Crippen molar-refractivity contribution in [3.63, 3.8) is 0 Å². The van der Waals surface area contributed by atoms with E-state index in [1.807, 2.05) is 89.2 Å². The van der Waals surface area contributed by atoms with Crippen molar-refractivity contribution in [2.24, 2.45) is 49.3 Å². The molecule has 0 saturated heterocycles. The molecule has 0 aromatic carbocycles. The van der Waals surface area contributed by atoms with Gasteiger partial charge in [0.05, 0.1) is 67.9 Å². The summed E-state index contributed by atoms with van der Waals surface area (Å²) in [5.41, 5.74) is 1.36. The SMILES string of the molecule is Cc1cccs1.Cc1ccsc1.Cc1nccs1.Cn1cc(Br)cn1.Cn1cc(Cl)cn1.Cn1cc(F)cn1.Cn1cc(I)cn1.Cn1cccn1.Cn1ccnc1.Cn1cnc(F)c1. The molecule has 10 aromatic rings. The molecule has 0 N–H and O–H groups in total. The van der Waals surface area contributed by atoms with Crippen LogP contribution in [0.15, 0.2) is 150 Å². The van der Waals surface area contributed by atoms with Crippen LogP contribution < -0.4 is 0 Å². The zero-order chi connectivity index (χ0) is 48.4. The molecule has 0 atom stereocenters. The Morgan fingerprint density at radius 1 is 0.615 bits per heavy atom. The average Bonchev–Trinajstić information content (AvgIpc) is 4.08. The number of thiophene rings is 2. The molecule has 23 heteroatoms. The molecule has 65 heavy (non-hydrogen) atoms. The molecule has 0 aliphatic carbocycles. The predicted molar refractivity (Wildman–Crippen MR) is 273 cm³/mol. The first-order valence-corrected chi connectivity index (χ1v) is 23.8. The highest BCUT2D eigenvalue weighted by atomic mass is 127. The number of imidazole rings is 2. The molecule has 0 aliphatic heterocycles. The van der Waals surface area contributed by atoms with Crippen LogP contribution in [0.3, 0.4) is 0 Å². The molecular formula is C42H54BrClF2IN15S3. The molecule has 0 amide bonds. The van der Waals surface area contributed by atoms with Crippen molar-refractivity contribution in [1.29, 1.82) is 0 Å². The van der Waals surface area contributed by atoms with Crippen LogP contribution in [0, 0.1) is 36.1 Å². The van der Waals surface area contributed by atoms with Crippen molar-refractivity contribution in [3.8, 4) is 0 Å². The Morgan fingerprint density at radius 3 is 1.45 bits per heavy atom. The minimum absolute atomic E-state index is 0.289. The second-order valence-electron chi connectivity index (χ2n) is 12.7. The van der Waals surface area contributed by atoms with E-state index < -0.39 is 5.95 Å². The summed E-state index contributed by atoms with van der Waals surface area (Å²) in [6.07, 6.45) is 26.8. The smallest absolute Gasteiger partial charge is 0.230 e. The van der Waals surface area contributed by atoms with Gasteiger partial charge in [-0.05, 0) is 99.2 Å². The van der Waals surface area contributed by atoms with Gasteiger partial charge in [0.2, 0.25) is 5.95 Å². The van der Waals surface area contributed by atoms with Crippen molar-refractivity contribution in [1.82, 2.24) is 73.0 Å². The van der Waals surface area contributed by atoms with Crippen molar-refractivity contribution >= 4 is 84.1 Å². The van der Waals surface area contributed by atoms with Gasteiger partial charge in [-0.25, -0.2) is 14.4 Å². The Labute approximate surface area is 418 Å². The van der Waals surface area contributed by atoms with E-state index in [1.54, 1.807) is 115 Å². The third-order valence-electron chi connectivity index (χ3n) is 6.52. The second-order valence-corrected chi connectivity index (χ2v) is 18.3. The average molecular weight is 1150 g/mol. The fourth-order valence-electron chi connectivity index (χ4n) is 3.61. The quantitative estimate of drug-likeness (QED) is 0.137. The van der Waals surface area contributed by atoms with E-state index in [2.05, 4.69) is 127 Å². The lowest BCUT2D eigenvalue weighted by Gasteiger charge is -1.78. The van der Waals surface area contributed by atoms with Crippen LogP contribution >= 0.6 is 84.1 Å². The largest absolute Gasteiger partial charge is 0.341 e. The van der Waals surface area contributed by atoms with Crippen LogP contribution in [0.1, 0.15) is 15.4 Å². The van der Waals surface area contributed by atoms with Gasteiger partial charge in [-0.15, -0.1) is 22.7 Å². The van der Waals surface area contributed by atoms with Gasteiger partial charge >= 0.3 is 0 Å². The normalized spacial score (nSPS) is 9.15. The molecule has 350 valence electrons. The van der Waals surface area contributed by atoms with Crippen LogP contribution in [0.4, 0.5) is 8.78 Å². The molecule has 10 heterocycles. The number of aromatic nitrogens is 15. The van der Waals surface area contributed by atoms with Crippen molar-refractivity contribution in [2.75, 3.05) is 0 Å². The standard InChI is InChI=1S/2C5H6S.C4H5BrN2.C4H5ClN2.2C4H5FN2.C4H5IN2.2C4H6N2.C4H5NS/c1-5-2-3-6-4-5;1-5-3-2-4-6-5;2*1-7-3-4(5)2-6-7;1-7-2-4(5)6-3-7;2*1-7-3-4(5)2-6-7;1-6-3-2-5-4-6;1-6-4-2-3-5-6;1-4-5-2-3-6-4/h2*2-4H,1H3;5*2-3H,1H3;2*2-4H,1H3;2-3H,1H3. The molecule has 10 aromatic heterocycles. The van der Waals surface area contributed by atoms with Crippen LogP contribution in [0.2, 0.25) is 5.02 Å². The van der Waals surface area contributed by atoms with Crippen molar-refractivity contribution in [3.05, 3.63) is 185 Å². The van der Waals surface area contributed by atoms with Gasteiger partial charge < -0.3 is 9.13 Å². The summed E-state index contributed by atoms with van der Waals surface area (Å²) in [5.74, 6) is -0.718. The first-order chi connectivity index (χ1) is 30.9. The zero-order valence-corrected chi connectivity index (χ0v) is 44.6. The van der Waals surface area contributed by atoms with Crippen LogP contribution in [0.25, 0.3) is 0 Å². The monoisotopic (exact) mass is 1140 g/mol. The molecule has 10 rings (SSSR count). The number of hydrogen-bond donors (Lipinski definition) is 0. The highest BCUT2D eigenvalue weighted by Gasteiger charge is 1.88. The topological polar surface area (TPSA) is 138 Å². The zero-order valence-electron chi connectivity index (χ0n) is 37.7. The lowest BCUT2D eigenvalue weighted by Crippen LogP contribution is -1.83. The van der Waals surface area contributed by atoms with E-state index in [4.69, 9.17) is 11.6 Å². The molecule has 0 fully saturated rings. The third-order valence-corrected chi connectivity index (χ3v) is 9.99. The predicted octanol–water partition coefficient (Wildman–Crippen LogP) is 10.8. The van der Waals surface area contributed by atoms with Crippen molar-refractivity contribution in [2.45, 2.75) is 20.8 Å². The maximum atomic E-state index is 11.8. The van der Waals surface area contributed by atoms with Gasteiger partial charge in [0.1, 0.15) is 0 Å². The number of hydrogen-bond acceptors (Lipinski definition) is 11. The first kappa shape index (κ1) is 57.9. The van der Waals surface area contributed by atoms with E-state index in [0.29, 0.717) is 5.02 Å². The van der Waals surface area contributed by atoms with Gasteiger partial charge in [0, 0.05) is 109 Å². The molecule has 15 nitrogen and oxygen atoms in total. The minimum Gasteiger partial charge on any atom is -0.341 e. The molecule has 0 unspecified atom stereocenters. The summed E-state index contributed by atoms with van der Waals surface area (Å²) in [7, 11) is 12.8. The minimum atomic E-state index is -0.428. The number of aryl methyl sites for hydroxylation is 10. The van der Waals surface area contributed by atoms with E-state index >= 15 is 0 Å². The highest BCUT2D eigenvalue weighted by molar-refractivity contribution is 14.1. The van der Waals surface area contributed by atoms with Crippen LogP contribution in [-0.4, -0.2) is 73.0 Å². The third kappa shape index (κ3) is 34.0. The summed E-state index contributed by atoms with van der Waals surface area (Å²) < 4.78 is 37.6. The summed E-state index contributed by atoms with van der Waals surface area (Å²) in [6.45, 7) is 6.19. The number of rotatable bonds is 0. The van der Waals surface area contributed by atoms with Gasteiger partial charge in [-0.1, -0.05) is 17.7 Å². The maximum absolute atomic E-state index is 11.8. The number of halogens is 5.